The highest BCUT2D eigenvalue weighted by molar-refractivity contribution is 7.87. The molecule has 0 aliphatic rings. The van der Waals surface area contributed by atoms with Crippen molar-refractivity contribution < 1.29 is 35.2 Å². The SMILES string of the molecule is CCOc1nc(-c2ccc(-c3ccc(OS(=O)(=O)C(F)(F)F)nc3)cc2)n(COCC[Si](C)(C)C)n1. The summed E-state index contributed by atoms with van der Waals surface area (Å²) in [4.78, 5) is 8.12. The highest BCUT2D eigenvalue weighted by Crippen LogP contribution is 2.28. The molecule has 0 aliphatic carbocycles. The highest BCUT2D eigenvalue weighted by Gasteiger charge is 2.48. The number of ether oxygens (including phenoxy) is 2. The van der Waals surface area contributed by atoms with Crippen LogP contribution in [0.5, 0.6) is 11.9 Å². The number of benzene rings is 1. The molecule has 0 radical (unpaired) electrons. The number of hydrogen-bond donors (Lipinski definition) is 0. The number of rotatable bonds is 11. The van der Waals surface area contributed by atoms with E-state index in [-0.39, 0.29) is 12.7 Å². The van der Waals surface area contributed by atoms with E-state index < -0.39 is 29.6 Å². The normalized spacial score (nSPS) is 12.5. The summed E-state index contributed by atoms with van der Waals surface area (Å²) in [7, 11) is -7.01. The Kier molecular flexibility index (Phi) is 8.41. The van der Waals surface area contributed by atoms with Gasteiger partial charge in [-0.3, -0.25) is 0 Å². The fourth-order valence-corrected chi connectivity index (χ4v) is 4.09. The van der Waals surface area contributed by atoms with Crippen molar-refractivity contribution in [1.29, 1.82) is 0 Å². The van der Waals surface area contributed by atoms with Gasteiger partial charge in [0.05, 0.1) is 6.61 Å². The maximum absolute atomic E-state index is 12.5. The Hall–Kier alpha value is -2.97. The first-order valence-corrected chi connectivity index (χ1v) is 16.1. The third kappa shape index (κ3) is 7.27. The van der Waals surface area contributed by atoms with E-state index in [1.165, 1.54) is 12.3 Å². The minimum atomic E-state index is -5.78. The molecule has 0 unspecified atom stereocenters. The van der Waals surface area contributed by atoms with Gasteiger partial charge >= 0.3 is 21.6 Å². The molecule has 9 nitrogen and oxygen atoms in total. The van der Waals surface area contributed by atoms with Crippen molar-refractivity contribution in [3.63, 3.8) is 0 Å². The third-order valence-electron chi connectivity index (χ3n) is 4.83. The van der Waals surface area contributed by atoms with E-state index in [9.17, 15) is 21.6 Å². The van der Waals surface area contributed by atoms with Gasteiger partial charge < -0.3 is 13.7 Å². The number of nitrogens with zero attached hydrogens (tertiary/aromatic N) is 4. The molecule has 1 aromatic carbocycles. The predicted octanol–water partition coefficient (Wildman–Crippen LogP) is 4.95. The summed E-state index contributed by atoms with van der Waals surface area (Å²) in [5.74, 6) is -0.129. The second-order valence-electron chi connectivity index (χ2n) is 8.94. The molecule has 0 amide bonds. The summed E-state index contributed by atoms with van der Waals surface area (Å²) < 4.78 is 76.6. The van der Waals surface area contributed by atoms with Gasteiger partial charge in [-0.1, -0.05) is 43.9 Å². The van der Waals surface area contributed by atoms with E-state index in [4.69, 9.17) is 9.47 Å². The molecule has 0 saturated heterocycles. The molecule has 0 atom stereocenters. The van der Waals surface area contributed by atoms with Gasteiger partial charge in [-0.2, -0.15) is 26.6 Å². The molecule has 0 N–H and O–H groups in total. The fraction of sp³-hybridized carbons (Fsp3) is 0.409. The van der Waals surface area contributed by atoms with Crippen LogP contribution < -0.4 is 8.92 Å². The van der Waals surface area contributed by atoms with Crippen LogP contribution in [0, 0.1) is 0 Å². The number of halogens is 3. The van der Waals surface area contributed by atoms with Crippen molar-refractivity contribution in [1.82, 2.24) is 19.7 Å². The summed E-state index contributed by atoms with van der Waals surface area (Å²) in [6.07, 6.45) is 1.22. The molecule has 0 saturated carbocycles. The Bertz CT molecular complexity index is 1260. The maximum atomic E-state index is 12.5. The van der Waals surface area contributed by atoms with Crippen molar-refractivity contribution in [3.05, 3.63) is 42.6 Å². The monoisotopic (exact) mass is 544 g/mol. The third-order valence-corrected chi connectivity index (χ3v) is 7.49. The summed E-state index contributed by atoms with van der Waals surface area (Å²) in [6, 6.07) is 10.8. The van der Waals surface area contributed by atoms with E-state index in [1.807, 2.05) is 6.92 Å². The van der Waals surface area contributed by atoms with Crippen molar-refractivity contribution in [2.75, 3.05) is 13.2 Å². The number of aromatic nitrogens is 4. The lowest BCUT2D eigenvalue weighted by Gasteiger charge is -2.15. The molecule has 2 aromatic heterocycles. The lowest BCUT2D eigenvalue weighted by Crippen LogP contribution is -2.28. The van der Waals surface area contributed by atoms with Gasteiger partial charge in [0.2, 0.25) is 5.88 Å². The van der Waals surface area contributed by atoms with E-state index in [0.717, 1.165) is 17.7 Å². The fourth-order valence-electron chi connectivity index (χ4n) is 2.92. The summed E-state index contributed by atoms with van der Waals surface area (Å²) in [6.45, 7) is 9.90. The van der Waals surface area contributed by atoms with Crippen molar-refractivity contribution in [2.24, 2.45) is 0 Å². The first kappa shape index (κ1) is 27.6. The van der Waals surface area contributed by atoms with Gasteiger partial charge in [-0.15, -0.1) is 5.10 Å². The van der Waals surface area contributed by atoms with Crippen LogP contribution in [0.15, 0.2) is 42.6 Å². The van der Waals surface area contributed by atoms with Crippen molar-refractivity contribution >= 4 is 18.2 Å². The molecular formula is C22H27F3N4O5SSi. The molecule has 0 aliphatic heterocycles. The Morgan fingerprint density at radius 1 is 1.00 bits per heavy atom. The van der Waals surface area contributed by atoms with Crippen LogP contribution in [-0.2, 0) is 21.6 Å². The van der Waals surface area contributed by atoms with Gasteiger partial charge in [0.25, 0.3) is 0 Å². The highest BCUT2D eigenvalue weighted by atomic mass is 32.2. The number of alkyl halides is 3. The van der Waals surface area contributed by atoms with Crippen LogP contribution >= 0.6 is 0 Å². The molecular weight excluding hydrogens is 517 g/mol. The summed E-state index contributed by atoms with van der Waals surface area (Å²) >= 11 is 0. The second kappa shape index (κ2) is 11.0. The summed E-state index contributed by atoms with van der Waals surface area (Å²) in [5, 5.41) is 4.36. The van der Waals surface area contributed by atoms with Gasteiger partial charge in [-0.25, -0.2) is 9.67 Å². The van der Waals surface area contributed by atoms with Crippen LogP contribution in [0.25, 0.3) is 22.5 Å². The van der Waals surface area contributed by atoms with Crippen LogP contribution in [-0.4, -0.2) is 55.0 Å². The molecule has 0 fully saturated rings. The molecule has 0 bridgehead atoms. The lowest BCUT2D eigenvalue weighted by atomic mass is 10.1. The van der Waals surface area contributed by atoms with E-state index in [2.05, 4.69) is 38.9 Å². The molecule has 2 heterocycles. The van der Waals surface area contributed by atoms with E-state index >= 15 is 0 Å². The van der Waals surface area contributed by atoms with Gasteiger partial charge in [0, 0.05) is 38.1 Å². The Labute approximate surface area is 208 Å². The van der Waals surface area contributed by atoms with E-state index in [1.54, 1.807) is 28.9 Å². The Morgan fingerprint density at radius 2 is 1.64 bits per heavy atom. The van der Waals surface area contributed by atoms with Crippen LogP contribution in [0.2, 0.25) is 25.7 Å². The van der Waals surface area contributed by atoms with Crippen LogP contribution in [0.4, 0.5) is 13.2 Å². The first-order chi connectivity index (χ1) is 16.8. The lowest BCUT2D eigenvalue weighted by molar-refractivity contribution is -0.0501. The standard InChI is InChI=1S/C22H27F3N4O5SSi/c1-5-33-21-27-20(29(28-21)15-32-12-13-36(2,3)4)17-8-6-16(7-9-17)18-10-11-19(26-14-18)34-35(30,31)22(23,24)25/h6-11,14H,5,12-13,15H2,1-4H3. The zero-order valence-electron chi connectivity index (χ0n) is 20.2. The minimum absolute atomic E-state index is 0.216. The molecule has 3 rings (SSSR count). The van der Waals surface area contributed by atoms with Crippen molar-refractivity contribution in [2.45, 2.75) is 44.8 Å². The molecule has 3 aromatic rings. The smallest absolute Gasteiger partial charge is 0.463 e. The molecule has 36 heavy (non-hydrogen) atoms. The zero-order chi connectivity index (χ0) is 26.6. The largest absolute Gasteiger partial charge is 0.534 e. The quantitative estimate of drug-likeness (QED) is 0.145. The number of hydrogen-bond acceptors (Lipinski definition) is 8. The molecule has 196 valence electrons. The van der Waals surface area contributed by atoms with E-state index in [0.29, 0.717) is 30.2 Å². The van der Waals surface area contributed by atoms with Crippen LogP contribution in [0.3, 0.4) is 0 Å². The average Bonchev–Trinajstić information content (AvgIpc) is 3.19. The second-order valence-corrected chi connectivity index (χ2v) is 16.1. The molecule has 0 spiro atoms. The first-order valence-electron chi connectivity index (χ1n) is 11.0. The predicted molar refractivity (Wildman–Crippen MR) is 130 cm³/mol. The van der Waals surface area contributed by atoms with Gasteiger partial charge in [0.15, 0.2) is 5.82 Å². The number of pyridine rings is 1. The van der Waals surface area contributed by atoms with Crippen LogP contribution in [0.1, 0.15) is 6.92 Å². The Balaban J connectivity index is 1.75. The van der Waals surface area contributed by atoms with Crippen molar-refractivity contribution in [3.8, 4) is 34.4 Å². The topological polar surface area (TPSA) is 105 Å². The molecule has 14 heteroatoms. The van der Waals surface area contributed by atoms with Gasteiger partial charge in [-0.05, 0) is 24.6 Å². The van der Waals surface area contributed by atoms with Gasteiger partial charge in [0.1, 0.15) is 6.73 Å². The maximum Gasteiger partial charge on any atom is 0.534 e. The average molecular weight is 545 g/mol. The zero-order valence-corrected chi connectivity index (χ0v) is 22.1. The Morgan fingerprint density at radius 3 is 2.19 bits per heavy atom. The minimum Gasteiger partial charge on any atom is -0.463 e. The summed E-state index contributed by atoms with van der Waals surface area (Å²) in [5.41, 5.74) is -3.55.